The number of hydrogen-bond donors (Lipinski definition) is 0. The number of hydrogen-bond acceptors (Lipinski definition) is 4. The zero-order chi connectivity index (χ0) is 21.3. The van der Waals surface area contributed by atoms with Gasteiger partial charge in [0, 0.05) is 57.3 Å². The first-order valence-electron chi connectivity index (χ1n) is 10.7. The van der Waals surface area contributed by atoms with E-state index in [9.17, 15) is 22.8 Å². The molecule has 4 rings (SSSR count). The van der Waals surface area contributed by atoms with Crippen molar-refractivity contribution in [3.05, 3.63) is 23.9 Å². The molecule has 1 aromatic rings. The average Bonchev–Trinajstić information content (AvgIpc) is 3.59. The normalized spacial score (nSPS) is 21.5. The van der Waals surface area contributed by atoms with E-state index in [2.05, 4.69) is 4.98 Å². The average molecular weight is 424 g/mol. The number of piperidine rings is 1. The molecule has 0 unspecified atom stereocenters. The molecule has 0 N–H and O–H groups in total. The molecule has 0 atom stereocenters. The summed E-state index contributed by atoms with van der Waals surface area (Å²) in [5.41, 5.74) is -0.760. The zero-order valence-corrected chi connectivity index (χ0v) is 16.9. The Hall–Kier alpha value is -2.32. The van der Waals surface area contributed by atoms with Crippen LogP contribution in [0.3, 0.4) is 0 Å². The predicted octanol–water partition coefficient (Wildman–Crippen LogP) is 2.79. The molecule has 6 nitrogen and oxygen atoms in total. The van der Waals surface area contributed by atoms with Crippen molar-refractivity contribution in [3.63, 3.8) is 0 Å². The Kier molecular flexibility index (Phi) is 5.88. The third kappa shape index (κ3) is 4.70. The van der Waals surface area contributed by atoms with Gasteiger partial charge in [-0.2, -0.15) is 13.2 Å². The summed E-state index contributed by atoms with van der Waals surface area (Å²) in [7, 11) is 0. The number of anilines is 1. The SMILES string of the molecule is O=C(C1CC1)N1CCC(C(=O)N2CCCN(c3ccc(C(F)(F)F)cn3)CC2)CC1. The number of pyridine rings is 1. The number of amides is 2. The number of alkyl halides is 3. The molecule has 0 bridgehead atoms. The van der Waals surface area contributed by atoms with Crippen LogP contribution in [-0.2, 0) is 15.8 Å². The summed E-state index contributed by atoms with van der Waals surface area (Å²) in [6.45, 7) is 3.67. The number of nitrogens with zero attached hydrogens (tertiary/aromatic N) is 4. The minimum atomic E-state index is -4.40. The Morgan fingerprint density at radius 3 is 2.03 bits per heavy atom. The third-order valence-electron chi connectivity index (χ3n) is 6.29. The van der Waals surface area contributed by atoms with Crippen LogP contribution < -0.4 is 4.90 Å². The fourth-order valence-electron chi connectivity index (χ4n) is 4.30. The molecule has 164 valence electrons. The highest BCUT2D eigenvalue weighted by Crippen LogP contribution is 2.33. The number of halogens is 3. The predicted molar refractivity (Wildman–Crippen MR) is 105 cm³/mol. The third-order valence-corrected chi connectivity index (χ3v) is 6.29. The number of carbonyl (C=O) groups is 2. The molecule has 30 heavy (non-hydrogen) atoms. The number of carbonyl (C=O) groups excluding carboxylic acids is 2. The van der Waals surface area contributed by atoms with E-state index < -0.39 is 11.7 Å². The smallest absolute Gasteiger partial charge is 0.355 e. The maximum Gasteiger partial charge on any atom is 0.417 e. The van der Waals surface area contributed by atoms with Gasteiger partial charge in [0.25, 0.3) is 0 Å². The highest BCUT2D eigenvalue weighted by Gasteiger charge is 2.37. The maximum atomic E-state index is 13.0. The van der Waals surface area contributed by atoms with Gasteiger partial charge in [-0.1, -0.05) is 0 Å². The van der Waals surface area contributed by atoms with Crippen LogP contribution in [0, 0.1) is 11.8 Å². The van der Waals surface area contributed by atoms with Gasteiger partial charge in [0.2, 0.25) is 11.8 Å². The lowest BCUT2D eigenvalue weighted by molar-refractivity contribution is -0.141. The van der Waals surface area contributed by atoms with Gasteiger partial charge in [-0.3, -0.25) is 9.59 Å². The van der Waals surface area contributed by atoms with Crippen molar-refractivity contribution >= 4 is 17.6 Å². The van der Waals surface area contributed by atoms with Crippen LogP contribution in [0.2, 0.25) is 0 Å². The quantitative estimate of drug-likeness (QED) is 0.749. The van der Waals surface area contributed by atoms with Gasteiger partial charge < -0.3 is 14.7 Å². The van der Waals surface area contributed by atoms with Crippen LogP contribution in [0.25, 0.3) is 0 Å². The summed E-state index contributed by atoms with van der Waals surface area (Å²) in [5.74, 6) is 1.05. The van der Waals surface area contributed by atoms with E-state index >= 15 is 0 Å². The second-order valence-electron chi connectivity index (χ2n) is 8.44. The van der Waals surface area contributed by atoms with Crippen molar-refractivity contribution in [2.75, 3.05) is 44.2 Å². The molecule has 1 aromatic heterocycles. The molecule has 3 aliphatic rings. The molecule has 2 saturated heterocycles. The fourth-order valence-corrected chi connectivity index (χ4v) is 4.30. The van der Waals surface area contributed by atoms with E-state index in [-0.39, 0.29) is 23.7 Å². The summed E-state index contributed by atoms with van der Waals surface area (Å²) in [6, 6.07) is 2.44. The van der Waals surface area contributed by atoms with Crippen LogP contribution in [0.4, 0.5) is 19.0 Å². The van der Waals surface area contributed by atoms with E-state index in [0.29, 0.717) is 57.9 Å². The Balaban J connectivity index is 1.29. The molecule has 9 heteroatoms. The second-order valence-corrected chi connectivity index (χ2v) is 8.44. The Morgan fingerprint density at radius 1 is 0.833 bits per heavy atom. The van der Waals surface area contributed by atoms with E-state index in [1.807, 2.05) is 14.7 Å². The number of likely N-dealkylation sites (tertiary alicyclic amines) is 1. The highest BCUT2D eigenvalue weighted by molar-refractivity contribution is 5.82. The molecule has 1 saturated carbocycles. The molecular weight excluding hydrogens is 397 g/mol. The van der Waals surface area contributed by atoms with Gasteiger partial charge in [-0.15, -0.1) is 0 Å². The van der Waals surface area contributed by atoms with Crippen molar-refractivity contribution < 1.29 is 22.8 Å². The highest BCUT2D eigenvalue weighted by atomic mass is 19.4. The summed E-state index contributed by atoms with van der Waals surface area (Å²) < 4.78 is 38.2. The van der Waals surface area contributed by atoms with Gasteiger partial charge in [0.1, 0.15) is 5.82 Å². The van der Waals surface area contributed by atoms with Crippen LogP contribution in [0.15, 0.2) is 18.3 Å². The molecule has 3 fully saturated rings. The van der Waals surface area contributed by atoms with Gasteiger partial charge in [-0.05, 0) is 44.2 Å². The first-order chi connectivity index (χ1) is 14.3. The van der Waals surface area contributed by atoms with Crippen molar-refractivity contribution in [1.82, 2.24) is 14.8 Å². The van der Waals surface area contributed by atoms with Crippen molar-refractivity contribution in [2.24, 2.45) is 11.8 Å². The zero-order valence-electron chi connectivity index (χ0n) is 16.9. The first-order valence-corrected chi connectivity index (χ1v) is 10.7. The van der Waals surface area contributed by atoms with E-state index in [4.69, 9.17) is 0 Å². The van der Waals surface area contributed by atoms with E-state index in [0.717, 1.165) is 31.5 Å². The first kappa shape index (κ1) is 20.9. The van der Waals surface area contributed by atoms with Gasteiger partial charge in [0.15, 0.2) is 0 Å². The molecule has 2 amide bonds. The van der Waals surface area contributed by atoms with Crippen molar-refractivity contribution in [1.29, 1.82) is 0 Å². The molecular formula is C21H27F3N4O2. The lowest BCUT2D eigenvalue weighted by Gasteiger charge is -2.34. The standard InChI is InChI=1S/C21H27F3N4O2/c22-21(23,24)17-4-5-18(25-14-17)26-8-1-9-27(13-12-26)20(30)16-6-10-28(11-7-16)19(29)15-2-3-15/h4-5,14-16H,1-3,6-13H2. The summed E-state index contributed by atoms with van der Waals surface area (Å²) in [5, 5.41) is 0. The van der Waals surface area contributed by atoms with Crippen LogP contribution in [0.5, 0.6) is 0 Å². The Bertz CT molecular complexity index is 771. The van der Waals surface area contributed by atoms with Gasteiger partial charge >= 0.3 is 6.18 Å². The lowest BCUT2D eigenvalue weighted by atomic mass is 9.95. The molecule has 0 spiro atoms. The van der Waals surface area contributed by atoms with Crippen LogP contribution in [0.1, 0.15) is 37.7 Å². The molecule has 3 heterocycles. The fraction of sp³-hybridized carbons (Fsp3) is 0.667. The number of aromatic nitrogens is 1. The summed E-state index contributed by atoms with van der Waals surface area (Å²) in [6.07, 6.45) is 0.612. The van der Waals surface area contributed by atoms with E-state index in [1.165, 1.54) is 6.07 Å². The number of rotatable bonds is 3. The minimum Gasteiger partial charge on any atom is -0.355 e. The summed E-state index contributed by atoms with van der Waals surface area (Å²) in [4.78, 5) is 34.9. The van der Waals surface area contributed by atoms with Gasteiger partial charge in [0.05, 0.1) is 5.56 Å². The van der Waals surface area contributed by atoms with Gasteiger partial charge in [-0.25, -0.2) is 4.98 Å². The van der Waals surface area contributed by atoms with Crippen molar-refractivity contribution in [2.45, 2.75) is 38.3 Å². The summed E-state index contributed by atoms with van der Waals surface area (Å²) >= 11 is 0. The Labute approximate surface area is 174 Å². The molecule has 0 aromatic carbocycles. The van der Waals surface area contributed by atoms with Crippen LogP contribution in [-0.4, -0.2) is 65.9 Å². The van der Waals surface area contributed by atoms with Crippen LogP contribution >= 0.6 is 0 Å². The second kappa shape index (κ2) is 8.43. The molecule has 0 radical (unpaired) electrons. The largest absolute Gasteiger partial charge is 0.417 e. The molecule has 2 aliphatic heterocycles. The lowest BCUT2D eigenvalue weighted by Crippen LogP contribution is -2.45. The topological polar surface area (TPSA) is 56.8 Å². The van der Waals surface area contributed by atoms with Crippen molar-refractivity contribution in [3.8, 4) is 0 Å². The maximum absolute atomic E-state index is 13.0. The Morgan fingerprint density at radius 2 is 1.47 bits per heavy atom. The minimum absolute atomic E-state index is 0.0519. The monoisotopic (exact) mass is 424 g/mol. The molecule has 1 aliphatic carbocycles. The van der Waals surface area contributed by atoms with E-state index in [1.54, 1.807) is 0 Å².